The Balaban J connectivity index is 1.68. The summed E-state index contributed by atoms with van der Waals surface area (Å²) in [6, 6.07) is 13.4. The molecule has 0 saturated heterocycles. The lowest BCUT2D eigenvalue weighted by atomic mass is 10.2. The van der Waals surface area contributed by atoms with Crippen LogP contribution in [0.4, 0.5) is 14.5 Å². The zero-order chi connectivity index (χ0) is 20.1. The number of hydrogen-bond donors (Lipinski definition) is 1. The summed E-state index contributed by atoms with van der Waals surface area (Å²) in [6.45, 7) is -0.942. The molecule has 8 heteroatoms. The highest BCUT2D eigenvalue weighted by Gasteiger charge is 2.15. The Morgan fingerprint density at radius 2 is 1.96 bits per heavy atom. The second-order valence-electron chi connectivity index (χ2n) is 5.87. The van der Waals surface area contributed by atoms with Gasteiger partial charge in [0.25, 0.3) is 5.91 Å². The second-order valence-corrected chi connectivity index (χ2v) is 7.19. The van der Waals surface area contributed by atoms with Gasteiger partial charge in [0.15, 0.2) is 0 Å². The van der Waals surface area contributed by atoms with E-state index in [0.717, 1.165) is 11.1 Å². The number of nitrogens with one attached hydrogen (secondary N) is 1. The van der Waals surface area contributed by atoms with Crippen molar-refractivity contribution in [2.45, 2.75) is 20.1 Å². The van der Waals surface area contributed by atoms with Crippen molar-refractivity contribution in [2.75, 3.05) is 5.32 Å². The zero-order valence-electron chi connectivity index (χ0n) is 14.7. The Hall–Kier alpha value is -2.64. The SMILES string of the molecule is Cc1ccc(OC(F)F)c(NC(=O)c2cc(COc3ccccc3Cl)cs2)c1. The van der Waals surface area contributed by atoms with Crippen molar-refractivity contribution in [1.82, 2.24) is 0 Å². The van der Waals surface area contributed by atoms with Crippen molar-refractivity contribution < 1.29 is 23.0 Å². The van der Waals surface area contributed by atoms with Gasteiger partial charge in [-0.1, -0.05) is 29.8 Å². The van der Waals surface area contributed by atoms with Crippen LogP contribution in [0.5, 0.6) is 11.5 Å². The molecule has 2 aromatic carbocycles. The predicted molar refractivity (Wildman–Crippen MR) is 106 cm³/mol. The van der Waals surface area contributed by atoms with Gasteiger partial charge in [-0.25, -0.2) is 0 Å². The molecule has 1 aromatic heterocycles. The zero-order valence-corrected chi connectivity index (χ0v) is 16.3. The molecule has 1 amide bonds. The minimum absolute atomic E-state index is 0.0900. The molecule has 1 heterocycles. The molecule has 0 aliphatic heterocycles. The van der Waals surface area contributed by atoms with E-state index in [1.54, 1.807) is 48.7 Å². The molecule has 0 bridgehead atoms. The highest BCUT2D eigenvalue weighted by molar-refractivity contribution is 7.12. The van der Waals surface area contributed by atoms with Gasteiger partial charge in [0.05, 0.1) is 15.6 Å². The lowest BCUT2D eigenvalue weighted by molar-refractivity contribution is -0.0493. The fraction of sp³-hybridized carbons (Fsp3) is 0.150. The normalized spacial score (nSPS) is 10.8. The maximum Gasteiger partial charge on any atom is 0.387 e. The van der Waals surface area contributed by atoms with E-state index >= 15 is 0 Å². The van der Waals surface area contributed by atoms with E-state index in [9.17, 15) is 13.6 Å². The lowest BCUT2D eigenvalue weighted by Crippen LogP contribution is -2.13. The van der Waals surface area contributed by atoms with Crippen LogP contribution >= 0.6 is 22.9 Å². The van der Waals surface area contributed by atoms with Crippen LogP contribution in [0.2, 0.25) is 5.02 Å². The van der Waals surface area contributed by atoms with E-state index in [1.165, 1.54) is 17.4 Å². The van der Waals surface area contributed by atoms with Gasteiger partial charge in [0, 0.05) is 5.56 Å². The molecule has 0 spiro atoms. The monoisotopic (exact) mass is 423 g/mol. The smallest absolute Gasteiger partial charge is 0.387 e. The number of ether oxygens (including phenoxy) is 2. The first-order valence-corrected chi connectivity index (χ1v) is 9.49. The summed E-state index contributed by atoms with van der Waals surface area (Å²) < 4.78 is 35.2. The molecule has 1 N–H and O–H groups in total. The molecule has 3 aromatic rings. The third-order valence-electron chi connectivity index (χ3n) is 3.71. The van der Waals surface area contributed by atoms with E-state index in [1.807, 2.05) is 6.07 Å². The number of benzene rings is 2. The molecule has 0 unspecified atom stereocenters. The number of hydrogen-bond acceptors (Lipinski definition) is 4. The maximum absolute atomic E-state index is 12.6. The van der Waals surface area contributed by atoms with Crippen LogP contribution < -0.4 is 14.8 Å². The van der Waals surface area contributed by atoms with Crippen molar-refractivity contribution in [3.8, 4) is 11.5 Å². The summed E-state index contributed by atoms with van der Waals surface area (Å²) >= 11 is 7.27. The summed E-state index contributed by atoms with van der Waals surface area (Å²) in [5, 5.41) is 4.91. The number of thiophene rings is 1. The highest BCUT2D eigenvalue weighted by atomic mass is 35.5. The van der Waals surface area contributed by atoms with E-state index in [4.69, 9.17) is 16.3 Å². The molecule has 3 rings (SSSR count). The van der Waals surface area contributed by atoms with Crippen LogP contribution in [0, 0.1) is 6.92 Å². The van der Waals surface area contributed by atoms with Crippen molar-refractivity contribution in [3.05, 3.63) is 74.9 Å². The number of carbonyl (C=O) groups is 1. The molecular formula is C20H16ClF2NO3S. The maximum atomic E-state index is 12.6. The van der Waals surface area contributed by atoms with Crippen molar-refractivity contribution in [1.29, 1.82) is 0 Å². The van der Waals surface area contributed by atoms with Gasteiger partial charge in [-0.05, 0) is 48.2 Å². The van der Waals surface area contributed by atoms with Gasteiger partial charge in [0.2, 0.25) is 0 Å². The van der Waals surface area contributed by atoms with Crippen LogP contribution in [0.25, 0.3) is 0 Å². The Morgan fingerprint density at radius 1 is 1.18 bits per heavy atom. The topological polar surface area (TPSA) is 47.6 Å². The molecule has 0 atom stereocenters. The number of anilines is 1. The van der Waals surface area contributed by atoms with Crippen LogP contribution in [-0.2, 0) is 6.61 Å². The number of rotatable bonds is 7. The number of amides is 1. The van der Waals surface area contributed by atoms with E-state index < -0.39 is 12.5 Å². The Labute approximate surface area is 169 Å². The minimum atomic E-state index is -2.98. The van der Waals surface area contributed by atoms with Gasteiger partial charge >= 0.3 is 6.61 Å². The first-order chi connectivity index (χ1) is 13.4. The Bertz CT molecular complexity index is 978. The van der Waals surface area contributed by atoms with E-state index in [0.29, 0.717) is 15.6 Å². The van der Waals surface area contributed by atoms with Gasteiger partial charge in [-0.2, -0.15) is 8.78 Å². The standard InChI is InChI=1S/C20H16ClF2NO3S/c1-12-6-7-17(27-20(22)23)15(8-12)24-19(25)18-9-13(11-28-18)10-26-16-5-3-2-4-14(16)21/h2-9,11,20H,10H2,1H3,(H,24,25). The molecule has 0 radical (unpaired) electrons. The van der Waals surface area contributed by atoms with Crippen LogP contribution in [0.3, 0.4) is 0 Å². The number of halogens is 3. The van der Waals surface area contributed by atoms with Gasteiger partial charge in [0.1, 0.15) is 18.1 Å². The van der Waals surface area contributed by atoms with Crippen molar-refractivity contribution in [2.24, 2.45) is 0 Å². The Kier molecular flexibility index (Phi) is 6.49. The molecule has 0 saturated carbocycles. The first-order valence-electron chi connectivity index (χ1n) is 8.24. The van der Waals surface area contributed by atoms with Crippen LogP contribution in [0.15, 0.2) is 53.9 Å². The summed E-state index contributed by atoms with van der Waals surface area (Å²) in [5.74, 6) is 0.0430. The third kappa shape index (κ3) is 5.21. The third-order valence-corrected chi connectivity index (χ3v) is 5.00. The fourth-order valence-corrected chi connectivity index (χ4v) is 3.40. The minimum Gasteiger partial charge on any atom is -0.487 e. The van der Waals surface area contributed by atoms with Crippen molar-refractivity contribution in [3.63, 3.8) is 0 Å². The van der Waals surface area contributed by atoms with Crippen LogP contribution in [0.1, 0.15) is 20.8 Å². The van der Waals surface area contributed by atoms with Gasteiger partial charge in [-0.3, -0.25) is 4.79 Å². The van der Waals surface area contributed by atoms with Crippen LogP contribution in [-0.4, -0.2) is 12.5 Å². The van der Waals surface area contributed by atoms with Crippen molar-refractivity contribution >= 4 is 34.5 Å². The molecule has 0 fully saturated rings. The Morgan fingerprint density at radius 3 is 2.71 bits per heavy atom. The second kappa shape index (κ2) is 9.03. The first kappa shape index (κ1) is 20.1. The van der Waals surface area contributed by atoms with E-state index in [-0.39, 0.29) is 18.0 Å². The summed E-state index contributed by atoms with van der Waals surface area (Å²) in [5.41, 5.74) is 1.79. The summed E-state index contributed by atoms with van der Waals surface area (Å²) in [6.07, 6.45) is 0. The molecule has 146 valence electrons. The number of aryl methyl sites for hydroxylation is 1. The average Bonchev–Trinajstić information content (AvgIpc) is 3.12. The molecule has 4 nitrogen and oxygen atoms in total. The summed E-state index contributed by atoms with van der Waals surface area (Å²) in [4.78, 5) is 12.9. The predicted octanol–water partition coefficient (Wildman–Crippen LogP) is 6.14. The lowest BCUT2D eigenvalue weighted by Gasteiger charge is -2.12. The highest BCUT2D eigenvalue weighted by Crippen LogP contribution is 2.29. The summed E-state index contributed by atoms with van der Waals surface area (Å²) in [7, 11) is 0. The fourth-order valence-electron chi connectivity index (χ4n) is 2.42. The number of alkyl halides is 2. The average molecular weight is 424 g/mol. The number of para-hydroxylation sites is 1. The van der Waals surface area contributed by atoms with Gasteiger partial charge in [-0.15, -0.1) is 11.3 Å². The molecule has 0 aliphatic rings. The van der Waals surface area contributed by atoms with Gasteiger partial charge < -0.3 is 14.8 Å². The van der Waals surface area contributed by atoms with E-state index in [2.05, 4.69) is 10.1 Å². The molecule has 0 aliphatic carbocycles. The quantitative estimate of drug-likeness (QED) is 0.496. The number of carbonyl (C=O) groups excluding carboxylic acids is 1. The molecular weight excluding hydrogens is 408 g/mol. The largest absolute Gasteiger partial charge is 0.487 e. The molecule has 28 heavy (non-hydrogen) atoms.